The molecule has 0 saturated carbocycles. The van der Waals surface area contributed by atoms with E-state index in [1.165, 1.54) is 0 Å². The number of hydrogen-bond acceptors (Lipinski definition) is 5. The van der Waals surface area contributed by atoms with E-state index in [2.05, 4.69) is 10.9 Å². The van der Waals surface area contributed by atoms with Crippen molar-refractivity contribution >= 4 is 33.6 Å². The molecule has 1 amide bonds. The summed E-state index contributed by atoms with van der Waals surface area (Å²) in [5.74, 6) is -0.0450. The highest BCUT2D eigenvalue weighted by molar-refractivity contribution is 7.14. The molecule has 0 unspecified atom stereocenters. The van der Waals surface area contributed by atoms with Crippen molar-refractivity contribution < 1.29 is 4.79 Å². The van der Waals surface area contributed by atoms with E-state index in [-0.39, 0.29) is 5.91 Å². The molecule has 0 aliphatic carbocycles. The number of amides is 1. The van der Waals surface area contributed by atoms with Gasteiger partial charge in [-0.05, 0) is 43.0 Å². The fraction of sp³-hybridized carbons (Fsp3) is 0.133. The van der Waals surface area contributed by atoms with Gasteiger partial charge in [-0.2, -0.15) is 0 Å². The molecule has 1 aromatic heterocycles. The van der Waals surface area contributed by atoms with E-state index in [9.17, 15) is 4.79 Å². The Bertz CT molecular complexity index is 779. The fourth-order valence-electron chi connectivity index (χ4n) is 2.62. The molecule has 2 N–H and O–H groups in total. The van der Waals surface area contributed by atoms with Crippen LogP contribution in [-0.2, 0) is 4.79 Å². The van der Waals surface area contributed by atoms with Crippen LogP contribution in [-0.4, -0.2) is 5.91 Å². The van der Waals surface area contributed by atoms with Gasteiger partial charge in [0.2, 0.25) is 0 Å². The topological polar surface area (TPSA) is 47.6 Å². The van der Waals surface area contributed by atoms with Crippen LogP contribution in [0.3, 0.4) is 0 Å². The second kappa shape index (κ2) is 4.34. The molecule has 3 heterocycles. The lowest BCUT2D eigenvalue weighted by Crippen LogP contribution is -2.41. The molecule has 2 aromatic rings. The summed E-state index contributed by atoms with van der Waals surface area (Å²) in [7, 11) is 0. The zero-order chi connectivity index (χ0) is 14.6. The van der Waals surface area contributed by atoms with Gasteiger partial charge < -0.3 is 5.32 Å². The van der Waals surface area contributed by atoms with Crippen molar-refractivity contribution in [3.63, 3.8) is 0 Å². The van der Waals surface area contributed by atoms with Gasteiger partial charge in [-0.3, -0.25) is 4.79 Å². The minimum atomic E-state index is -0.0450. The molecular formula is C15H14N4OS. The molecule has 21 heavy (non-hydrogen) atoms. The third-order valence-electron chi connectivity index (χ3n) is 3.59. The second-order valence-corrected chi connectivity index (χ2v) is 6.04. The van der Waals surface area contributed by atoms with Crippen LogP contribution in [0.1, 0.15) is 12.5 Å². The van der Waals surface area contributed by atoms with Crippen molar-refractivity contribution in [2.75, 3.05) is 15.3 Å². The lowest BCUT2D eigenvalue weighted by atomic mass is 10.1. The standard InChI is InChI=1S/C15H14N4OS/c1-9-7-13(21-8-9)19-15(20)14-10(2)16-11-5-3-4-6-12(11)18(14)17-19/h3-8,16-17H,1-2H3. The predicted octanol–water partition coefficient (Wildman–Crippen LogP) is 2.99. The Morgan fingerprint density at radius 2 is 1.95 bits per heavy atom. The van der Waals surface area contributed by atoms with Crippen molar-refractivity contribution in [2.24, 2.45) is 0 Å². The molecule has 1 fully saturated rings. The van der Waals surface area contributed by atoms with Crippen LogP contribution in [0.5, 0.6) is 0 Å². The van der Waals surface area contributed by atoms with E-state index in [1.54, 1.807) is 16.3 Å². The van der Waals surface area contributed by atoms with Crippen molar-refractivity contribution in [1.82, 2.24) is 5.53 Å². The van der Waals surface area contributed by atoms with Gasteiger partial charge in [-0.15, -0.1) is 16.9 Å². The van der Waals surface area contributed by atoms with Crippen LogP contribution in [0.15, 0.2) is 47.1 Å². The van der Waals surface area contributed by atoms with Crippen LogP contribution in [0.4, 0.5) is 16.4 Å². The number of benzene rings is 1. The van der Waals surface area contributed by atoms with Gasteiger partial charge in [-0.1, -0.05) is 12.1 Å². The average molecular weight is 298 g/mol. The van der Waals surface area contributed by atoms with E-state index in [4.69, 9.17) is 0 Å². The molecule has 106 valence electrons. The average Bonchev–Trinajstić information content (AvgIpc) is 3.03. The minimum Gasteiger partial charge on any atom is -0.355 e. The highest BCUT2D eigenvalue weighted by Gasteiger charge is 2.39. The second-order valence-electron chi connectivity index (χ2n) is 5.15. The van der Waals surface area contributed by atoms with Gasteiger partial charge in [0, 0.05) is 5.70 Å². The highest BCUT2D eigenvalue weighted by Crippen LogP contribution is 2.38. The number of carbonyl (C=O) groups excluding carboxylic acids is 1. The summed E-state index contributed by atoms with van der Waals surface area (Å²) in [6, 6.07) is 9.92. The third kappa shape index (κ3) is 1.76. The van der Waals surface area contributed by atoms with E-state index in [0.29, 0.717) is 5.70 Å². The SMILES string of the molecule is CC1=C2C(=O)N(c3cc(C)cs3)NN2c2ccccc2N1. The van der Waals surface area contributed by atoms with E-state index < -0.39 is 0 Å². The number of carbonyl (C=O) groups is 1. The number of nitrogens with one attached hydrogen (secondary N) is 2. The molecule has 5 nitrogen and oxygen atoms in total. The maximum absolute atomic E-state index is 12.7. The van der Waals surface area contributed by atoms with Gasteiger partial charge in [0.1, 0.15) is 10.7 Å². The zero-order valence-electron chi connectivity index (χ0n) is 11.7. The molecule has 1 aromatic carbocycles. The number of fused-ring (bicyclic) bond motifs is 3. The number of hydrazine groups is 2. The van der Waals surface area contributed by atoms with Crippen molar-refractivity contribution in [3.05, 3.63) is 52.7 Å². The van der Waals surface area contributed by atoms with Crippen molar-refractivity contribution in [3.8, 4) is 0 Å². The van der Waals surface area contributed by atoms with Gasteiger partial charge in [0.15, 0.2) is 0 Å². The molecule has 0 bridgehead atoms. The lowest BCUT2D eigenvalue weighted by molar-refractivity contribution is -0.114. The van der Waals surface area contributed by atoms with Gasteiger partial charge in [0.05, 0.1) is 11.4 Å². The molecule has 2 aliphatic rings. The summed E-state index contributed by atoms with van der Waals surface area (Å²) in [5.41, 5.74) is 7.76. The lowest BCUT2D eigenvalue weighted by Gasteiger charge is -2.27. The zero-order valence-corrected chi connectivity index (χ0v) is 12.5. The Hall–Kier alpha value is -2.31. The molecule has 0 spiro atoms. The maximum Gasteiger partial charge on any atom is 0.294 e. The Kier molecular flexibility index (Phi) is 2.57. The smallest absolute Gasteiger partial charge is 0.294 e. The largest absolute Gasteiger partial charge is 0.355 e. The Balaban J connectivity index is 1.80. The Morgan fingerprint density at radius 1 is 1.14 bits per heavy atom. The summed E-state index contributed by atoms with van der Waals surface area (Å²) in [6.07, 6.45) is 0. The molecule has 0 radical (unpaired) electrons. The van der Waals surface area contributed by atoms with Crippen LogP contribution < -0.4 is 20.9 Å². The molecule has 2 aliphatic heterocycles. The number of allylic oxidation sites excluding steroid dienone is 1. The summed E-state index contributed by atoms with van der Waals surface area (Å²) < 4.78 is 0. The number of nitrogens with zero attached hydrogens (tertiary/aromatic N) is 2. The van der Waals surface area contributed by atoms with E-state index in [0.717, 1.165) is 27.6 Å². The van der Waals surface area contributed by atoms with Gasteiger partial charge >= 0.3 is 0 Å². The number of aryl methyl sites for hydroxylation is 1. The van der Waals surface area contributed by atoms with Crippen LogP contribution in [0.2, 0.25) is 0 Å². The first-order valence-electron chi connectivity index (χ1n) is 6.68. The molecule has 4 rings (SSSR count). The Morgan fingerprint density at radius 3 is 2.71 bits per heavy atom. The molecule has 6 heteroatoms. The summed E-state index contributed by atoms with van der Waals surface area (Å²) in [6.45, 7) is 3.94. The Labute approximate surface area is 126 Å². The molecule has 1 saturated heterocycles. The monoisotopic (exact) mass is 298 g/mol. The first-order chi connectivity index (χ1) is 10.1. The number of anilines is 3. The quantitative estimate of drug-likeness (QED) is 0.850. The fourth-order valence-corrected chi connectivity index (χ4v) is 3.48. The highest BCUT2D eigenvalue weighted by atomic mass is 32.1. The van der Waals surface area contributed by atoms with Crippen LogP contribution >= 0.6 is 11.3 Å². The van der Waals surface area contributed by atoms with Gasteiger partial charge in [-0.25, -0.2) is 10.0 Å². The van der Waals surface area contributed by atoms with Crippen molar-refractivity contribution in [1.29, 1.82) is 0 Å². The van der Waals surface area contributed by atoms with Crippen LogP contribution in [0.25, 0.3) is 0 Å². The van der Waals surface area contributed by atoms with Crippen molar-refractivity contribution in [2.45, 2.75) is 13.8 Å². The van der Waals surface area contributed by atoms with E-state index >= 15 is 0 Å². The van der Waals surface area contributed by atoms with Gasteiger partial charge in [0.25, 0.3) is 5.91 Å². The first kappa shape index (κ1) is 12.4. The summed E-state index contributed by atoms with van der Waals surface area (Å²) >= 11 is 1.55. The predicted molar refractivity (Wildman–Crippen MR) is 84.9 cm³/mol. The number of rotatable bonds is 1. The number of hydrogen-bond donors (Lipinski definition) is 2. The van der Waals surface area contributed by atoms with Crippen LogP contribution in [0, 0.1) is 6.92 Å². The molecule has 0 atom stereocenters. The maximum atomic E-state index is 12.7. The normalized spacial score (nSPS) is 17.0. The summed E-state index contributed by atoms with van der Waals surface area (Å²) in [5, 5.41) is 9.67. The van der Waals surface area contributed by atoms with E-state index in [1.807, 2.05) is 54.6 Å². The molecular weight excluding hydrogens is 284 g/mol. The third-order valence-corrected chi connectivity index (χ3v) is 4.62. The minimum absolute atomic E-state index is 0.0450. The number of thiophene rings is 1. The summed E-state index contributed by atoms with van der Waals surface area (Å²) in [4.78, 5) is 12.7. The number of para-hydroxylation sites is 2. The first-order valence-corrected chi connectivity index (χ1v) is 7.56.